The summed E-state index contributed by atoms with van der Waals surface area (Å²) in [5.41, 5.74) is 0.933. The van der Waals surface area contributed by atoms with E-state index in [-0.39, 0.29) is 5.97 Å². The normalized spacial score (nSPS) is 10.1. The van der Waals surface area contributed by atoms with E-state index >= 15 is 0 Å². The molecule has 2 nitrogen and oxygen atoms in total. The van der Waals surface area contributed by atoms with Gasteiger partial charge in [-0.25, -0.2) is 4.79 Å². The molecule has 2 heteroatoms. The first-order valence-electron chi connectivity index (χ1n) is 3.55. The number of hydrogen-bond acceptors (Lipinski definition) is 2. The maximum absolute atomic E-state index is 10.7. The van der Waals surface area contributed by atoms with Gasteiger partial charge in [-0.15, -0.1) is 0 Å². The van der Waals surface area contributed by atoms with E-state index in [1.807, 2.05) is 12.1 Å². The van der Waals surface area contributed by atoms with Crippen LogP contribution in [0.2, 0.25) is 0 Å². The average molecular weight is 161 g/mol. The van der Waals surface area contributed by atoms with Crippen molar-refractivity contribution in [2.75, 3.05) is 7.11 Å². The first-order chi connectivity index (χ1) is 5.83. The van der Waals surface area contributed by atoms with Gasteiger partial charge >= 0.3 is 5.97 Å². The Morgan fingerprint density at radius 2 is 2.50 bits per heavy atom. The molecule has 0 fully saturated rings. The van der Waals surface area contributed by atoms with Crippen LogP contribution < -0.4 is 0 Å². The fourth-order valence-corrected chi connectivity index (χ4v) is 0.743. The highest BCUT2D eigenvalue weighted by molar-refractivity contribution is 5.86. The lowest BCUT2D eigenvalue weighted by molar-refractivity contribution is -0.134. The Kier molecular flexibility index (Phi) is 3.08. The number of carbonyl (C=O) groups is 1. The molecular formula is C10H9O2. The molecular weight excluding hydrogens is 152 g/mol. The molecule has 0 spiro atoms. The molecule has 0 aliphatic carbocycles. The first-order valence-corrected chi connectivity index (χ1v) is 3.55. The van der Waals surface area contributed by atoms with Crippen molar-refractivity contribution in [2.24, 2.45) is 0 Å². The number of hydrogen-bond donors (Lipinski definition) is 0. The summed E-state index contributed by atoms with van der Waals surface area (Å²) in [7, 11) is 1.35. The topological polar surface area (TPSA) is 26.3 Å². The maximum atomic E-state index is 10.7. The van der Waals surface area contributed by atoms with E-state index in [1.165, 1.54) is 13.2 Å². The lowest BCUT2D eigenvalue weighted by atomic mass is 10.2. The minimum Gasteiger partial charge on any atom is -0.466 e. The molecule has 0 atom stereocenters. The van der Waals surface area contributed by atoms with E-state index in [0.29, 0.717) is 0 Å². The van der Waals surface area contributed by atoms with Crippen LogP contribution in [0.25, 0.3) is 6.08 Å². The predicted molar refractivity (Wildman–Crippen MR) is 46.3 cm³/mol. The minimum absolute atomic E-state index is 0.348. The molecule has 0 heterocycles. The minimum atomic E-state index is -0.348. The van der Waals surface area contributed by atoms with Gasteiger partial charge in [-0.3, -0.25) is 0 Å². The van der Waals surface area contributed by atoms with Gasteiger partial charge in [0, 0.05) is 6.08 Å². The molecule has 0 aliphatic rings. The van der Waals surface area contributed by atoms with Crippen LogP contribution >= 0.6 is 0 Å². The largest absolute Gasteiger partial charge is 0.466 e. The molecule has 0 saturated carbocycles. The fourth-order valence-electron chi connectivity index (χ4n) is 0.743. The molecule has 12 heavy (non-hydrogen) atoms. The Hall–Kier alpha value is -1.57. The third-order valence-electron chi connectivity index (χ3n) is 1.34. The van der Waals surface area contributed by atoms with Crippen molar-refractivity contribution < 1.29 is 9.53 Å². The van der Waals surface area contributed by atoms with Gasteiger partial charge in [-0.05, 0) is 23.8 Å². The van der Waals surface area contributed by atoms with Gasteiger partial charge in [0.2, 0.25) is 0 Å². The van der Waals surface area contributed by atoms with Gasteiger partial charge in [0.05, 0.1) is 7.11 Å². The molecule has 0 bridgehead atoms. The van der Waals surface area contributed by atoms with Crippen molar-refractivity contribution in [2.45, 2.75) is 0 Å². The molecule has 1 aromatic rings. The monoisotopic (exact) mass is 161 g/mol. The predicted octanol–water partition coefficient (Wildman–Crippen LogP) is 1.67. The quantitative estimate of drug-likeness (QED) is 0.487. The molecule has 0 aliphatic heterocycles. The molecule has 1 radical (unpaired) electrons. The summed E-state index contributed by atoms with van der Waals surface area (Å²) in [6.07, 6.45) is 3.06. The molecule has 1 aromatic carbocycles. The van der Waals surface area contributed by atoms with Crippen LogP contribution in [0, 0.1) is 6.07 Å². The zero-order valence-electron chi connectivity index (χ0n) is 6.78. The molecule has 0 amide bonds. The zero-order chi connectivity index (χ0) is 8.81. The second-order valence-electron chi connectivity index (χ2n) is 2.19. The fraction of sp³-hybridized carbons (Fsp3) is 0.100. The number of rotatable bonds is 2. The Morgan fingerprint density at radius 1 is 1.67 bits per heavy atom. The lowest BCUT2D eigenvalue weighted by Gasteiger charge is -1.90. The highest BCUT2D eigenvalue weighted by Gasteiger charge is 1.89. The first kappa shape index (κ1) is 8.53. The maximum Gasteiger partial charge on any atom is 0.330 e. The number of methoxy groups -OCH3 is 1. The number of ether oxygens (including phenoxy) is 1. The second-order valence-corrected chi connectivity index (χ2v) is 2.19. The van der Waals surface area contributed by atoms with E-state index in [0.717, 1.165) is 5.56 Å². The Balaban J connectivity index is 2.64. The van der Waals surface area contributed by atoms with Crippen LogP contribution in [0.3, 0.4) is 0 Å². The van der Waals surface area contributed by atoms with E-state index in [1.54, 1.807) is 18.2 Å². The van der Waals surface area contributed by atoms with Crippen molar-refractivity contribution in [3.63, 3.8) is 0 Å². The van der Waals surface area contributed by atoms with Crippen LogP contribution in [-0.2, 0) is 9.53 Å². The summed E-state index contributed by atoms with van der Waals surface area (Å²) in [5.74, 6) is -0.348. The summed E-state index contributed by atoms with van der Waals surface area (Å²) >= 11 is 0. The molecule has 0 N–H and O–H groups in total. The lowest BCUT2D eigenvalue weighted by Crippen LogP contribution is -1.92. The highest BCUT2D eigenvalue weighted by Crippen LogP contribution is 1.99. The Labute approximate surface area is 71.5 Å². The summed E-state index contributed by atoms with van der Waals surface area (Å²) in [5, 5.41) is 0. The van der Waals surface area contributed by atoms with Gasteiger partial charge in [0.1, 0.15) is 0 Å². The Morgan fingerprint density at radius 3 is 3.08 bits per heavy atom. The van der Waals surface area contributed by atoms with Gasteiger partial charge in [0.25, 0.3) is 0 Å². The van der Waals surface area contributed by atoms with E-state index < -0.39 is 0 Å². The zero-order valence-corrected chi connectivity index (χ0v) is 6.78. The smallest absolute Gasteiger partial charge is 0.330 e. The van der Waals surface area contributed by atoms with E-state index in [9.17, 15) is 4.79 Å². The molecule has 0 unspecified atom stereocenters. The van der Waals surface area contributed by atoms with Gasteiger partial charge in [-0.1, -0.05) is 18.2 Å². The van der Waals surface area contributed by atoms with Gasteiger partial charge in [0.15, 0.2) is 0 Å². The van der Waals surface area contributed by atoms with Crippen molar-refractivity contribution in [3.8, 4) is 0 Å². The molecule has 61 valence electrons. The van der Waals surface area contributed by atoms with Crippen LogP contribution in [0.1, 0.15) is 5.56 Å². The van der Waals surface area contributed by atoms with E-state index in [4.69, 9.17) is 0 Å². The molecule has 0 aromatic heterocycles. The summed E-state index contributed by atoms with van der Waals surface area (Å²) in [6.45, 7) is 0. The van der Waals surface area contributed by atoms with Crippen LogP contribution in [0.15, 0.2) is 30.3 Å². The number of benzene rings is 1. The third-order valence-corrected chi connectivity index (χ3v) is 1.34. The summed E-state index contributed by atoms with van der Waals surface area (Å²) in [4.78, 5) is 10.7. The van der Waals surface area contributed by atoms with E-state index in [2.05, 4.69) is 10.8 Å². The summed E-state index contributed by atoms with van der Waals surface area (Å²) in [6, 6.07) is 10.2. The number of carbonyl (C=O) groups excluding carboxylic acids is 1. The standard InChI is InChI=1S/C10H9O2/c1-12-10(11)8-7-9-5-3-2-4-6-9/h2-3,5-8H,1H3/b8-7+. The number of esters is 1. The highest BCUT2D eigenvalue weighted by atomic mass is 16.5. The molecule has 0 saturated heterocycles. The van der Waals surface area contributed by atoms with Crippen molar-refractivity contribution in [3.05, 3.63) is 42.0 Å². The van der Waals surface area contributed by atoms with Crippen LogP contribution in [-0.4, -0.2) is 13.1 Å². The SMILES string of the molecule is COC(=O)/C=C/c1c[c]ccc1. The summed E-state index contributed by atoms with van der Waals surface area (Å²) < 4.78 is 4.44. The van der Waals surface area contributed by atoms with Crippen LogP contribution in [0.5, 0.6) is 0 Å². The van der Waals surface area contributed by atoms with Crippen LogP contribution in [0.4, 0.5) is 0 Å². The van der Waals surface area contributed by atoms with Crippen molar-refractivity contribution in [1.29, 1.82) is 0 Å². The van der Waals surface area contributed by atoms with Gasteiger partial charge < -0.3 is 4.74 Å². The Bertz CT molecular complexity index is 275. The second kappa shape index (κ2) is 4.34. The molecule has 1 rings (SSSR count). The third kappa shape index (κ3) is 2.58. The average Bonchev–Trinajstić information content (AvgIpc) is 2.16. The van der Waals surface area contributed by atoms with Crippen molar-refractivity contribution in [1.82, 2.24) is 0 Å². The van der Waals surface area contributed by atoms with Crippen molar-refractivity contribution >= 4 is 12.0 Å². The van der Waals surface area contributed by atoms with Gasteiger partial charge in [-0.2, -0.15) is 0 Å².